The van der Waals surface area contributed by atoms with Crippen LogP contribution in [0.25, 0.3) is 5.69 Å². The molecule has 2 rings (SSSR count). The molecule has 0 aromatic carbocycles. The first kappa shape index (κ1) is 13.9. The fourth-order valence-electron chi connectivity index (χ4n) is 1.60. The third-order valence-corrected chi connectivity index (χ3v) is 2.69. The summed E-state index contributed by atoms with van der Waals surface area (Å²) in [4.78, 5) is 22.4. The van der Waals surface area contributed by atoms with E-state index in [-0.39, 0.29) is 23.5 Å². The van der Waals surface area contributed by atoms with Crippen molar-refractivity contribution in [2.24, 2.45) is 0 Å². The normalized spacial score (nSPS) is 10.5. The van der Waals surface area contributed by atoms with Crippen molar-refractivity contribution < 1.29 is 14.6 Å². The maximum absolute atomic E-state index is 11.3. The summed E-state index contributed by atoms with van der Waals surface area (Å²) in [5, 5.41) is 17.1. The van der Waals surface area contributed by atoms with Crippen molar-refractivity contribution in [3.8, 4) is 5.69 Å². The maximum atomic E-state index is 11.3. The van der Waals surface area contributed by atoms with E-state index < -0.39 is 6.61 Å². The number of hydrogen-bond donors (Lipinski definition) is 1. The molecule has 8 heteroatoms. The average molecular weight is 278 g/mol. The molecule has 0 aliphatic rings. The fourth-order valence-corrected chi connectivity index (χ4v) is 1.60. The van der Waals surface area contributed by atoms with Gasteiger partial charge in [0.2, 0.25) is 5.43 Å². The molecule has 0 fully saturated rings. The molecule has 0 amide bonds. The molecule has 0 aliphatic heterocycles. The number of aromatic nitrogens is 4. The predicted molar refractivity (Wildman–Crippen MR) is 68.2 cm³/mol. The molecule has 0 radical (unpaired) electrons. The van der Waals surface area contributed by atoms with Crippen LogP contribution in [0, 0.1) is 0 Å². The van der Waals surface area contributed by atoms with Crippen LogP contribution in [-0.4, -0.2) is 37.7 Å². The minimum Gasteiger partial charge on any atom is -0.469 e. The van der Waals surface area contributed by atoms with Gasteiger partial charge in [0.05, 0.1) is 39.1 Å². The summed E-state index contributed by atoms with van der Waals surface area (Å²) in [7, 11) is 1.33. The molecule has 0 bridgehead atoms. The van der Waals surface area contributed by atoms with E-state index in [9.17, 15) is 9.59 Å². The number of esters is 1. The number of carbonyl (C=O) groups is 1. The first-order chi connectivity index (χ1) is 9.63. The van der Waals surface area contributed by atoms with Crippen LogP contribution in [0.2, 0.25) is 0 Å². The zero-order valence-corrected chi connectivity index (χ0v) is 10.9. The molecular weight excluding hydrogens is 264 g/mol. The number of aryl methyl sites for hydroxylation is 1. The number of aliphatic hydroxyl groups excluding tert-OH is 1. The van der Waals surface area contributed by atoms with Crippen LogP contribution in [-0.2, 0) is 22.7 Å². The molecule has 106 valence electrons. The monoisotopic (exact) mass is 278 g/mol. The lowest BCUT2D eigenvalue weighted by atomic mass is 10.4. The van der Waals surface area contributed by atoms with Gasteiger partial charge in [-0.15, -0.1) is 0 Å². The Hall–Kier alpha value is -2.48. The number of hydrogen-bond acceptors (Lipinski definition) is 6. The first-order valence-electron chi connectivity index (χ1n) is 5.93. The van der Waals surface area contributed by atoms with E-state index in [2.05, 4.69) is 14.9 Å². The summed E-state index contributed by atoms with van der Waals surface area (Å²) >= 11 is 0. The van der Waals surface area contributed by atoms with Crippen molar-refractivity contribution >= 4 is 5.97 Å². The van der Waals surface area contributed by atoms with Crippen LogP contribution in [0.3, 0.4) is 0 Å². The Kier molecular flexibility index (Phi) is 4.26. The number of carbonyl (C=O) groups excluding carboxylic acids is 1. The van der Waals surface area contributed by atoms with E-state index >= 15 is 0 Å². The molecule has 0 spiro atoms. The summed E-state index contributed by atoms with van der Waals surface area (Å²) in [6.45, 7) is -0.0319. The van der Waals surface area contributed by atoms with Crippen molar-refractivity contribution in [1.29, 1.82) is 0 Å². The average Bonchev–Trinajstić information content (AvgIpc) is 2.94. The molecule has 8 nitrogen and oxygen atoms in total. The molecule has 0 saturated carbocycles. The highest BCUT2D eigenvalue weighted by atomic mass is 16.5. The molecule has 2 aromatic rings. The van der Waals surface area contributed by atoms with Crippen molar-refractivity contribution in [3.63, 3.8) is 0 Å². The Bertz CT molecular complexity index is 661. The van der Waals surface area contributed by atoms with Crippen molar-refractivity contribution in [2.45, 2.75) is 19.6 Å². The number of ether oxygens (including phenoxy) is 1. The van der Waals surface area contributed by atoms with Gasteiger partial charge in [0.15, 0.2) is 0 Å². The van der Waals surface area contributed by atoms with Gasteiger partial charge in [0.1, 0.15) is 11.4 Å². The Balaban J connectivity index is 2.16. The highest BCUT2D eigenvalue weighted by Crippen LogP contribution is 2.04. The largest absolute Gasteiger partial charge is 0.469 e. The lowest BCUT2D eigenvalue weighted by Crippen LogP contribution is -2.15. The standard InChI is InChI=1S/C12H14N4O4/c1-20-12(19)3-4-15-7-9(6-13-15)16-5-2-11(18)10(8-17)14-16/h2,5-7,17H,3-4,8H2,1H3. The fraction of sp³-hybridized carbons (Fsp3) is 0.333. The third-order valence-electron chi connectivity index (χ3n) is 2.69. The van der Waals surface area contributed by atoms with Crippen LogP contribution in [0.15, 0.2) is 29.5 Å². The smallest absolute Gasteiger partial charge is 0.307 e. The second kappa shape index (κ2) is 6.11. The van der Waals surface area contributed by atoms with E-state index in [4.69, 9.17) is 5.11 Å². The summed E-state index contributed by atoms with van der Waals surface area (Å²) in [5.41, 5.74) is 0.376. The lowest BCUT2D eigenvalue weighted by Gasteiger charge is -2.03. The second-order valence-electron chi connectivity index (χ2n) is 4.02. The second-order valence-corrected chi connectivity index (χ2v) is 4.02. The molecular formula is C12H14N4O4. The van der Waals surface area contributed by atoms with E-state index in [0.717, 1.165) is 0 Å². The van der Waals surface area contributed by atoms with Gasteiger partial charge in [-0.1, -0.05) is 0 Å². The zero-order valence-electron chi connectivity index (χ0n) is 10.9. The molecule has 2 heterocycles. The zero-order chi connectivity index (χ0) is 14.5. The highest BCUT2D eigenvalue weighted by molar-refractivity contribution is 5.68. The Labute approximate surface area is 114 Å². The van der Waals surface area contributed by atoms with Gasteiger partial charge in [-0.05, 0) is 0 Å². The van der Waals surface area contributed by atoms with Crippen LogP contribution >= 0.6 is 0 Å². The van der Waals surface area contributed by atoms with Gasteiger partial charge < -0.3 is 9.84 Å². The third kappa shape index (κ3) is 3.09. The van der Waals surface area contributed by atoms with Gasteiger partial charge in [0, 0.05) is 12.3 Å². The Morgan fingerprint density at radius 1 is 1.50 bits per heavy atom. The molecule has 2 aromatic heterocycles. The van der Waals surface area contributed by atoms with Gasteiger partial charge in [-0.25, -0.2) is 4.68 Å². The first-order valence-corrected chi connectivity index (χ1v) is 5.93. The van der Waals surface area contributed by atoms with E-state index in [1.165, 1.54) is 24.1 Å². The molecule has 0 aliphatic carbocycles. The van der Waals surface area contributed by atoms with Crippen molar-refractivity contribution in [2.75, 3.05) is 7.11 Å². The molecule has 0 unspecified atom stereocenters. The molecule has 1 N–H and O–H groups in total. The van der Waals surface area contributed by atoms with Crippen molar-refractivity contribution in [3.05, 3.63) is 40.6 Å². The van der Waals surface area contributed by atoms with Gasteiger partial charge in [-0.2, -0.15) is 10.2 Å². The Morgan fingerprint density at radius 2 is 2.30 bits per heavy atom. The van der Waals surface area contributed by atoms with Gasteiger partial charge in [-0.3, -0.25) is 14.3 Å². The predicted octanol–water partition coefficient (Wildman–Crippen LogP) is -0.516. The molecule has 20 heavy (non-hydrogen) atoms. The number of aliphatic hydroxyl groups is 1. The molecule has 0 saturated heterocycles. The summed E-state index contributed by atoms with van der Waals surface area (Å²) in [6.07, 6.45) is 4.94. The van der Waals surface area contributed by atoms with E-state index in [1.807, 2.05) is 0 Å². The van der Waals surface area contributed by atoms with E-state index in [1.54, 1.807) is 17.1 Å². The summed E-state index contributed by atoms with van der Waals surface area (Å²) in [5.74, 6) is -0.314. The topological polar surface area (TPSA) is 99.2 Å². The quantitative estimate of drug-likeness (QED) is 0.739. The van der Waals surface area contributed by atoms with Gasteiger partial charge >= 0.3 is 5.97 Å². The van der Waals surface area contributed by atoms with Crippen molar-refractivity contribution in [1.82, 2.24) is 19.6 Å². The minimum atomic E-state index is -0.420. The number of methoxy groups -OCH3 is 1. The minimum absolute atomic E-state index is 0.0646. The van der Waals surface area contributed by atoms with Crippen LogP contribution < -0.4 is 5.43 Å². The number of rotatable bonds is 5. The lowest BCUT2D eigenvalue weighted by molar-refractivity contribution is -0.140. The summed E-state index contributed by atoms with van der Waals surface area (Å²) in [6, 6.07) is 1.32. The Morgan fingerprint density at radius 3 is 3.00 bits per heavy atom. The van der Waals surface area contributed by atoms with Crippen LogP contribution in [0.4, 0.5) is 0 Å². The highest BCUT2D eigenvalue weighted by Gasteiger charge is 2.06. The van der Waals surface area contributed by atoms with Crippen LogP contribution in [0.5, 0.6) is 0 Å². The van der Waals surface area contributed by atoms with Gasteiger partial charge in [0.25, 0.3) is 0 Å². The summed E-state index contributed by atoms with van der Waals surface area (Å²) < 4.78 is 7.56. The number of nitrogens with zero attached hydrogens (tertiary/aromatic N) is 4. The molecule has 0 atom stereocenters. The van der Waals surface area contributed by atoms with E-state index in [0.29, 0.717) is 12.2 Å². The maximum Gasteiger partial charge on any atom is 0.307 e. The van der Waals surface area contributed by atoms with Crippen LogP contribution in [0.1, 0.15) is 12.1 Å². The SMILES string of the molecule is COC(=O)CCn1cc(-n2ccc(=O)c(CO)n2)cn1.